The summed E-state index contributed by atoms with van der Waals surface area (Å²) in [5.74, 6) is -1.18. The zero-order valence-corrected chi connectivity index (χ0v) is 14.5. The molecule has 1 aromatic carbocycles. The summed E-state index contributed by atoms with van der Waals surface area (Å²) in [6, 6.07) is 5.45. The lowest BCUT2D eigenvalue weighted by Gasteiger charge is -2.08. The molecule has 9 nitrogen and oxygen atoms in total. The number of anilines is 1. The van der Waals surface area contributed by atoms with E-state index in [4.69, 9.17) is 9.47 Å². The molecule has 25 heavy (non-hydrogen) atoms. The van der Waals surface area contributed by atoms with Crippen molar-refractivity contribution in [1.29, 1.82) is 0 Å². The van der Waals surface area contributed by atoms with Crippen molar-refractivity contribution in [3.8, 4) is 5.75 Å². The zero-order valence-electron chi connectivity index (χ0n) is 12.9. The Bertz CT molecular complexity index is 827. The molecule has 0 aliphatic rings. The van der Waals surface area contributed by atoms with Crippen LogP contribution in [0.25, 0.3) is 0 Å². The monoisotopic (exact) mass is 409 g/mol. The molecule has 1 N–H and O–H groups in total. The SMILES string of the molecule is COc1ccc(NC(=O)COC(=O)c2cncc(Br)c2)c([N+](=O)[O-])c1. The predicted molar refractivity (Wildman–Crippen MR) is 90.5 cm³/mol. The van der Waals surface area contributed by atoms with Gasteiger partial charge in [0.2, 0.25) is 0 Å². The first-order chi connectivity index (χ1) is 11.9. The number of aromatic nitrogens is 1. The van der Waals surface area contributed by atoms with Crippen LogP contribution in [0.15, 0.2) is 41.1 Å². The van der Waals surface area contributed by atoms with Crippen molar-refractivity contribution >= 4 is 39.2 Å². The van der Waals surface area contributed by atoms with Gasteiger partial charge in [0.25, 0.3) is 11.6 Å². The lowest BCUT2D eigenvalue weighted by molar-refractivity contribution is -0.384. The van der Waals surface area contributed by atoms with Gasteiger partial charge < -0.3 is 14.8 Å². The molecular formula is C15H12BrN3O6. The molecule has 0 unspecified atom stereocenters. The number of nitro groups is 1. The number of methoxy groups -OCH3 is 1. The van der Waals surface area contributed by atoms with Gasteiger partial charge in [-0.25, -0.2) is 4.79 Å². The largest absolute Gasteiger partial charge is 0.496 e. The van der Waals surface area contributed by atoms with Crippen LogP contribution in [-0.2, 0) is 9.53 Å². The highest BCUT2D eigenvalue weighted by Crippen LogP contribution is 2.28. The average molecular weight is 410 g/mol. The summed E-state index contributed by atoms with van der Waals surface area (Å²) < 4.78 is 10.3. The number of amides is 1. The second-order valence-corrected chi connectivity index (χ2v) is 5.57. The minimum atomic E-state index is -0.742. The fourth-order valence-electron chi connectivity index (χ4n) is 1.82. The van der Waals surface area contributed by atoms with Crippen LogP contribution < -0.4 is 10.1 Å². The van der Waals surface area contributed by atoms with E-state index in [-0.39, 0.29) is 22.7 Å². The fraction of sp³-hybridized carbons (Fsp3) is 0.133. The normalized spacial score (nSPS) is 10.0. The van der Waals surface area contributed by atoms with Crippen molar-refractivity contribution in [1.82, 2.24) is 4.98 Å². The highest BCUT2D eigenvalue weighted by Gasteiger charge is 2.18. The van der Waals surface area contributed by atoms with Gasteiger partial charge in [0.15, 0.2) is 6.61 Å². The van der Waals surface area contributed by atoms with Gasteiger partial charge >= 0.3 is 5.97 Å². The first kappa shape index (κ1) is 18.3. The summed E-state index contributed by atoms with van der Waals surface area (Å²) in [5, 5.41) is 13.4. The topological polar surface area (TPSA) is 121 Å². The van der Waals surface area contributed by atoms with Crippen LogP contribution >= 0.6 is 15.9 Å². The molecule has 2 rings (SSSR count). The van der Waals surface area contributed by atoms with E-state index in [2.05, 4.69) is 26.2 Å². The average Bonchev–Trinajstić information content (AvgIpc) is 2.59. The summed E-state index contributed by atoms with van der Waals surface area (Å²) in [6.45, 7) is -0.603. The van der Waals surface area contributed by atoms with Crippen molar-refractivity contribution in [2.75, 3.05) is 19.0 Å². The lowest BCUT2D eigenvalue weighted by atomic mass is 10.2. The number of hydrogen-bond donors (Lipinski definition) is 1. The molecule has 130 valence electrons. The number of rotatable bonds is 6. The molecule has 0 saturated carbocycles. The summed E-state index contributed by atoms with van der Waals surface area (Å²) >= 11 is 3.16. The van der Waals surface area contributed by atoms with Crippen molar-refractivity contribution in [2.45, 2.75) is 0 Å². The number of pyridine rings is 1. The summed E-state index contributed by atoms with van der Waals surface area (Å²) in [4.78, 5) is 37.9. The van der Waals surface area contributed by atoms with E-state index >= 15 is 0 Å². The van der Waals surface area contributed by atoms with E-state index in [1.165, 1.54) is 43.8 Å². The van der Waals surface area contributed by atoms with Crippen LogP contribution in [-0.4, -0.2) is 35.5 Å². The molecule has 0 bridgehead atoms. The molecule has 0 spiro atoms. The van der Waals surface area contributed by atoms with E-state index in [9.17, 15) is 19.7 Å². The lowest BCUT2D eigenvalue weighted by Crippen LogP contribution is -2.21. The van der Waals surface area contributed by atoms with Crippen LogP contribution in [0.2, 0.25) is 0 Å². The Labute approximate surface area is 150 Å². The highest BCUT2D eigenvalue weighted by molar-refractivity contribution is 9.10. The first-order valence-corrected chi connectivity index (χ1v) is 7.60. The van der Waals surface area contributed by atoms with Crippen LogP contribution in [0.1, 0.15) is 10.4 Å². The Morgan fingerprint density at radius 3 is 2.72 bits per heavy atom. The summed E-state index contributed by atoms with van der Waals surface area (Å²) in [6.07, 6.45) is 2.78. The first-order valence-electron chi connectivity index (χ1n) is 6.80. The molecule has 1 amide bonds. The second-order valence-electron chi connectivity index (χ2n) is 4.66. The number of nitro benzene ring substituents is 1. The maximum Gasteiger partial charge on any atom is 0.340 e. The molecule has 2 aromatic rings. The number of ether oxygens (including phenoxy) is 2. The molecule has 0 fully saturated rings. The number of halogens is 1. The van der Waals surface area contributed by atoms with E-state index in [0.29, 0.717) is 4.47 Å². The minimum absolute atomic E-state index is 0.0315. The Morgan fingerprint density at radius 1 is 1.32 bits per heavy atom. The van der Waals surface area contributed by atoms with Crippen LogP contribution in [0.3, 0.4) is 0 Å². The van der Waals surface area contributed by atoms with Crippen LogP contribution in [0, 0.1) is 10.1 Å². The number of esters is 1. The van der Waals surface area contributed by atoms with Gasteiger partial charge in [-0.3, -0.25) is 19.9 Å². The van der Waals surface area contributed by atoms with Gasteiger partial charge in [0.05, 0.1) is 23.7 Å². The van der Waals surface area contributed by atoms with E-state index < -0.39 is 23.4 Å². The molecule has 0 saturated heterocycles. The standard InChI is InChI=1S/C15H12BrN3O6/c1-24-11-2-3-12(13(5-11)19(22)23)18-14(20)8-25-15(21)9-4-10(16)7-17-6-9/h2-7H,8H2,1H3,(H,18,20). The highest BCUT2D eigenvalue weighted by atomic mass is 79.9. The Hall–Kier alpha value is -3.01. The molecule has 1 heterocycles. The smallest absolute Gasteiger partial charge is 0.340 e. The molecular weight excluding hydrogens is 398 g/mol. The van der Waals surface area contributed by atoms with Gasteiger partial charge in [-0.15, -0.1) is 0 Å². The third kappa shape index (κ3) is 4.98. The third-order valence-electron chi connectivity index (χ3n) is 2.95. The maximum atomic E-state index is 11.9. The second kappa shape index (κ2) is 8.20. The molecule has 0 atom stereocenters. The number of hydrogen-bond acceptors (Lipinski definition) is 7. The third-order valence-corrected chi connectivity index (χ3v) is 3.38. The molecule has 1 aromatic heterocycles. The van der Waals surface area contributed by atoms with E-state index in [0.717, 1.165) is 0 Å². The Morgan fingerprint density at radius 2 is 2.08 bits per heavy atom. The zero-order chi connectivity index (χ0) is 18.4. The van der Waals surface area contributed by atoms with Crippen molar-refractivity contribution in [3.63, 3.8) is 0 Å². The Balaban J connectivity index is 2.01. The maximum absolute atomic E-state index is 11.9. The molecule has 0 aliphatic heterocycles. The van der Waals surface area contributed by atoms with Gasteiger partial charge in [-0.2, -0.15) is 0 Å². The van der Waals surface area contributed by atoms with Gasteiger partial charge in [0, 0.05) is 16.9 Å². The van der Waals surface area contributed by atoms with Crippen LogP contribution in [0.5, 0.6) is 5.75 Å². The van der Waals surface area contributed by atoms with Gasteiger partial charge in [-0.1, -0.05) is 0 Å². The van der Waals surface area contributed by atoms with Crippen molar-refractivity contribution in [3.05, 3.63) is 56.8 Å². The number of carbonyl (C=O) groups is 2. The molecule has 0 aliphatic carbocycles. The Kier molecular flexibility index (Phi) is 6.01. The number of nitrogens with zero attached hydrogens (tertiary/aromatic N) is 2. The van der Waals surface area contributed by atoms with Crippen molar-refractivity contribution in [2.24, 2.45) is 0 Å². The number of benzene rings is 1. The fourth-order valence-corrected chi connectivity index (χ4v) is 2.18. The van der Waals surface area contributed by atoms with Crippen molar-refractivity contribution < 1.29 is 24.0 Å². The van der Waals surface area contributed by atoms with Crippen LogP contribution in [0.4, 0.5) is 11.4 Å². The van der Waals surface area contributed by atoms with Gasteiger partial charge in [0.1, 0.15) is 11.4 Å². The molecule has 0 radical (unpaired) electrons. The summed E-state index contributed by atoms with van der Waals surface area (Å²) in [5.41, 5.74) is -0.205. The number of nitrogens with one attached hydrogen (secondary N) is 1. The number of carbonyl (C=O) groups excluding carboxylic acids is 2. The minimum Gasteiger partial charge on any atom is -0.496 e. The quantitative estimate of drug-likeness (QED) is 0.441. The predicted octanol–water partition coefficient (Wildman–Crippen LogP) is 2.56. The van der Waals surface area contributed by atoms with E-state index in [1.807, 2.05) is 0 Å². The summed E-state index contributed by atoms with van der Waals surface area (Å²) in [7, 11) is 1.37. The molecule has 10 heteroatoms. The van der Waals surface area contributed by atoms with Gasteiger partial charge in [-0.05, 0) is 34.1 Å². The van der Waals surface area contributed by atoms with E-state index in [1.54, 1.807) is 0 Å².